The van der Waals surface area contributed by atoms with Crippen LogP contribution in [0.25, 0.3) is 6.08 Å². The van der Waals surface area contributed by atoms with Crippen LogP contribution >= 0.6 is 11.6 Å². The predicted octanol–water partition coefficient (Wildman–Crippen LogP) is 5.33. The molecule has 2 aromatic carbocycles. The van der Waals surface area contributed by atoms with Crippen molar-refractivity contribution in [3.05, 3.63) is 82.6 Å². The van der Waals surface area contributed by atoms with Crippen LogP contribution in [-0.4, -0.2) is 11.8 Å². The lowest BCUT2D eigenvalue weighted by Crippen LogP contribution is -2.25. The molecule has 0 unspecified atom stereocenters. The lowest BCUT2D eigenvalue weighted by molar-refractivity contribution is -0.114. The van der Waals surface area contributed by atoms with Gasteiger partial charge in [-0.05, 0) is 49.6 Å². The van der Waals surface area contributed by atoms with Gasteiger partial charge in [-0.3, -0.25) is 9.69 Å². The van der Waals surface area contributed by atoms with E-state index in [4.69, 9.17) is 11.6 Å². The van der Waals surface area contributed by atoms with Gasteiger partial charge in [0.15, 0.2) is 0 Å². The van der Waals surface area contributed by atoms with Crippen molar-refractivity contribution in [1.29, 1.82) is 0 Å². The molecule has 24 heavy (non-hydrogen) atoms. The Morgan fingerprint density at radius 2 is 1.67 bits per heavy atom. The molecule has 0 aromatic heterocycles. The van der Waals surface area contributed by atoms with Gasteiger partial charge in [0.05, 0.1) is 5.70 Å². The molecule has 0 saturated carbocycles. The molecule has 1 amide bonds. The predicted molar refractivity (Wildman–Crippen MR) is 101 cm³/mol. The summed E-state index contributed by atoms with van der Waals surface area (Å²) in [4.78, 5) is 14.8. The number of carbonyl (C=O) groups is 1. The quantitative estimate of drug-likeness (QED) is 0.691. The van der Waals surface area contributed by atoms with Crippen LogP contribution in [0.5, 0.6) is 0 Å². The van der Waals surface area contributed by atoms with Crippen molar-refractivity contribution in [2.24, 2.45) is 0 Å². The van der Waals surface area contributed by atoms with E-state index in [0.717, 1.165) is 28.1 Å². The fourth-order valence-corrected chi connectivity index (χ4v) is 3.14. The minimum atomic E-state index is 0.0270. The van der Waals surface area contributed by atoms with Gasteiger partial charge in [-0.2, -0.15) is 0 Å². The molecule has 1 heterocycles. The summed E-state index contributed by atoms with van der Waals surface area (Å²) in [6, 6.07) is 18.1. The maximum atomic E-state index is 13.0. The lowest BCUT2D eigenvalue weighted by Gasteiger charge is -2.20. The van der Waals surface area contributed by atoms with Gasteiger partial charge in [-0.1, -0.05) is 48.0 Å². The van der Waals surface area contributed by atoms with E-state index in [0.29, 0.717) is 12.3 Å². The third-order valence-corrected chi connectivity index (χ3v) is 4.47. The average Bonchev–Trinajstić information content (AvgIpc) is 2.82. The number of amides is 1. The summed E-state index contributed by atoms with van der Waals surface area (Å²) in [6.45, 7) is 4.04. The molecule has 0 N–H and O–H groups in total. The fourth-order valence-electron chi connectivity index (χ4n) is 2.95. The van der Waals surface area contributed by atoms with E-state index in [1.165, 1.54) is 5.56 Å². The molecule has 0 fully saturated rings. The van der Waals surface area contributed by atoms with Crippen LogP contribution < -0.4 is 4.90 Å². The first kappa shape index (κ1) is 16.5. The Morgan fingerprint density at radius 3 is 2.29 bits per heavy atom. The summed E-state index contributed by atoms with van der Waals surface area (Å²) in [7, 11) is 0. The molecule has 0 saturated heterocycles. The Morgan fingerprint density at radius 1 is 1.00 bits per heavy atom. The topological polar surface area (TPSA) is 20.3 Å². The van der Waals surface area contributed by atoms with Crippen LogP contribution in [-0.2, 0) is 4.79 Å². The standard InChI is InChI=1S/C21H20ClNO/c1-15-8-10-18(11-9-15)23-20(14-17-6-4-3-5-7-17)16(2)19(12-13-22)21(23)24/h3-11,14H,12-13H2,1-2H3/b20-14-. The van der Waals surface area contributed by atoms with Gasteiger partial charge in [-0.15, -0.1) is 11.6 Å². The highest BCUT2D eigenvalue weighted by molar-refractivity contribution is 6.19. The molecule has 122 valence electrons. The second-order valence-electron chi connectivity index (χ2n) is 5.96. The van der Waals surface area contributed by atoms with Crippen LogP contribution in [0.1, 0.15) is 24.5 Å². The zero-order valence-corrected chi connectivity index (χ0v) is 14.7. The van der Waals surface area contributed by atoms with Crippen LogP contribution in [0.3, 0.4) is 0 Å². The molecule has 2 aromatic rings. The number of alkyl halides is 1. The van der Waals surface area contributed by atoms with Crippen LogP contribution in [0, 0.1) is 6.92 Å². The number of nitrogens with zero attached hydrogens (tertiary/aromatic N) is 1. The highest BCUT2D eigenvalue weighted by Gasteiger charge is 2.33. The summed E-state index contributed by atoms with van der Waals surface area (Å²) >= 11 is 5.91. The van der Waals surface area contributed by atoms with Gasteiger partial charge in [0.2, 0.25) is 0 Å². The van der Waals surface area contributed by atoms with Crippen molar-refractivity contribution in [3.63, 3.8) is 0 Å². The normalized spacial score (nSPS) is 16.4. The molecular weight excluding hydrogens is 318 g/mol. The number of anilines is 1. The van der Waals surface area contributed by atoms with E-state index in [-0.39, 0.29) is 5.91 Å². The Bertz CT molecular complexity index is 803. The highest BCUT2D eigenvalue weighted by atomic mass is 35.5. The zero-order valence-electron chi connectivity index (χ0n) is 13.9. The second kappa shape index (κ2) is 7.06. The molecule has 3 heteroatoms. The Kier molecular flexibility index (Phi) is 4.86. The van der Waals surface area contributed by atoms with Gasteiger partial charge in [0, 0.05) is 17.1 Å². The molecule has 3 rings (SSSR count). The first-order chi connectivity index (χ1) is 11.6. The van der Waals surface area contributed by atoms with Gasteiger partial charge in [-0.25, -0.2) is 0 Å². The summed E-state index contributed by atoms with van der Waals surface area (Å²) in [5, 5.41) is 0. The van der Waals surface area contributed by atoms with E-state index < -0.39 is 0 Å². The van der Waals surface area contributed by atoms with E-state index in [1.807, 2.05) is 68.4 Å². The number of allylic oxidation sites excluding steroid dienone is 1. The number of hydrogen-bond donors (Lipinski definition) is 0. The maximum absolute atomic E-state index is 13.0. The first-order valence-corrected chi connectivity index (χ1v) is 8.59. The lowest BCUT2D eigenvalue weighted by atomic mass is 10.1. The maximum Gasteiger partial charge on any atom is 0.259 e. The fraction of sp³-hybridized carbons (Fsp3) is 0.190. The van der Waals surface area contributed by atoms with E-state index in [2.05, 4.69) is 6.08 Å². The van der Waals surface area contributed by atoms with Gasteiger partial charge >= 0.3 is 0 Å². The SMILES string of the molecule is CC1=C(CCCl)C(=O)N(c2ccc(C)cc2)/C1=C\c1ccccc1. The number of rotatable bonds is 4. The highest BCUT2D eigenvalue weighted by Crippen LogP contribution is 2.36. The van der Waals surface area contributed by atoms with Gasteiger partial charge < -0.3 is 0 Å². The van der Waals surface area contributed by atoms with E-state index >= 15 is 0 Å². The average molecular weight is 338 g/mol. The van der Waals surface area contributed by atoms with Crippen molar-refractivity contribution in [2.45, 2.75) is 20.3 Å². The summed E-state index contributed by atoms with van der Waals surface area (Å²) in [6.07, 6.45) is 2.65. The molecule has 2 nitrogen and oxygen atoms in total. The summed E-state index contributed by atoms with van der Waals surface area (Å²) < 4.78 is 0. The van der Waals surface area contributed by atoms with Crippen molar-refractivity contribution in [3.8, 4) is 0 Å². The van der Waals surface area contributed by atoms with Crippen molar-refractivity contribution in [1.82, 2.24) is 0 Å². The molecule has 1 aliphatic rings. The van der Waals surface area contributed by atoms with Crippen LogP contribution in [0.4, 0.5) is 5.69 Å². The number of benzene rings is 2. The Hall–Kier alpha value is -2.32. The Labute approximate surface area is 148 Å². The van der Waals surface area contributed by atoms with Gasteiger partial charge in [0.1, 0.15) is 0 Å². The third kappa shape index (κ3) is 3.15. The van der Waals surface area contributed by atoms with Crippen LogP contribution in [0.15, 0.2) is 71.4 Å². The molecule has 1 aliphatic heterocycles. The minimum Gasteiger partial charge on any atom is -0.277 e. The first-order valence-electron chi connectivity index (χ1n) is 8.06. The summed E-state index contributed by atoms with van der Waals surface area (Å²) in [5.41, 5.74) is 5.86. The molecule has 0 aliphatic carbocycles. The second-order valence-corrected chi connectivity index (χ2v) is 6.34. The Balaban J connectivity index is 2.10. The zero-order chi connectivity index (χ0) is 17.1. The molecule has 0 radical (unpaired) electrons. The molecule has 0 bridgehead atoms. The van der Waals surface area contributed by atoms with Crippen molar-refractivity contribution >= 4 is 29.3 Å². The molecule has 0 spiro atoms. The van der Waals surface area contributed by atoms with Crippen molar-refractivity contribution in [2.75, 3.05) is 10.8 Å². The monoisotopic (exact) mass is 337 g/mol. The third-order valence-electron chi connectivity index (χ3n) is 4.28. The smallest absolute Gasteiger partial charge is 0.259 e. The summed E-state index contributed by atoms with van der Waals surface area (Å²) in [5.74, 6) is 0.470. The number of carbonyl (C=O) groups excluding carboxylic acids is 1. The van der Waals surface area contributed by atoms with Crippen LogP contribution in [0.2, 0.25) is 0 Å². The molecular formula is C21H20ClNO. The minimum absolute atomic E-state index is 0.0270. The number of halogens is 1. The number of aryl methyl sites for hydroxylation is 1. The van der Waals surface area contributed by atoms with E-state index in [9.17, 15) is 4.79 Å². The van der Waals surface area contributed by atoms with Crippen molar-refractivity contribution < 1.29 is 4.79 Å². The van der Waals surface area contributed by atoms with Gasteiger partial charge in [0.25, 0.3) is 5.91 Å². The van der Waals surface area contributed by atoms with E-state index in [1.54, 1.807) is 4.90 Å². The number of hydrogen-bond acceptors (Lipinski definition) is 1. The molecule has 0 atom stereocenters. The largest absolute Gasteiger partial charge is 0.277 e.